The fraction of sp³-hybridized carbons (Fsp3) is 0. The smallest absolute Gasteiger partial charge is 0.269 e. The minimum atomic E-state index is -0.207. The van der Waals surface area contributed by atoms with E-state index in [9.17, 15) is 4.79 Å². The molecule has 0 unspecified atom stereocenters. The van der Waals surface area contributed by atoms with Crippen LogP contribution in [-0.2, 0) is 0 Å². The Kier molecular flexibility index (Phi) is 1.94. The third-order valence-corrected chi connectivity index (χ3v) is 3.09. The lowest BCUT2D eigenvalue weighted by atomic mass is 10.1. The van der Waals surface area contributed by atoms with Crippen molar-refractivity contribution in [2.24, 2.45) is 0 Å². The highest BCUT2D eigenvalue weighted by Gasteiger charge is 2.25. The Morgan fingerprint density at radius 2 is 1.68 bits per heavy atom. The zero-order chi connectivity index (χ0) is 12.8. The van der Waals surface area contributed by atoms with E-state index in [4.69, 9.17) is 14.2 Å². The van der Waals surface area contributed by atoms with Gasteiger partial charge < -0.3 is 4.42 Å². The van der Waals surface area contributed by atoms with Gasteiger partial charge in [-0.3, -0.25) is 14.6 Å². The molecule has 1 aromatic heterocycles. The third kappa shape index (κ3) is 1.37. The standard InChI is InChI=1S/C15H8O4/c16-13-12-10-7-4-8-11(12)18-19-15(13)14(17-10)9-5-2-1-3-6-9/h1-8H. The number of benzene rings is 2. The first kappa shape index (κ1) is 10.2. The Hall–Kier alpha value is -2.75. The summed E-state index contributed by atoms with van der Waals surface area (Å²) < 4.78 is 5.79. The quantitative estimate of drug-likeness (QED) is 0.624. The molecule has 4 heteroatoms. The highest BCUT2D eigenvalue weighted by atomic mass is 17.2. The molecule has 2 aromatic carbocycles. The monoisotopic (exact) mass is 252 g/mol. The molecule has 19 heavy (non-hydrogen) atoms. The van der Waals surface area contributed by atoms with Gasteiger partial charge in [-0.25, -0.2) is 0 Å². The average molecular weight is 252 g/mol. The Bertz CT molecular complexity index is 834. The van der Waals surface area contributed by atoms with Crippen LogP contribution < -0.4 is 15.2 Å². The first-order valence-corrected chi connectivity index (χ1v) is 5.84. The van der Waals surface area contributed by atoms with E-state index >= 15 is 0 Å². The highest BCUT2D eigenvalue weighted by Crippen LogP contribution is 2.36. The second-order valence-electron chi connectivity index (χ2n) is 4.25. The van der Waals surface area contributed by atoms with Gasteiger partial charge in [-0.1, -0.05) is 36.4 Å². The number of rotatable bonds is 1. The van der Waals surface area contributed by atoms with Crippen LogP contribution in [0.5, 0.6) is 11.5 Å². The molecule has 0 radical (unpaired) electrons. The molecule has 0 saturated heterocycles. The van der Waals surface area contributed by atoms with Crippen molar-refractivity contribution in [1.29, 1.82) is 0 Å². The van der Waals surface area contributed by atoms with Crippen molar-refractivity contribution in [1.82, 2.24) is 0 Å². The molecule has 3 aromatic rings. The van der Waals surface area contributed by atoms with Crippen LogP contribution in [0.4, 0.5) is 0 Å². The van der Waals surface area contributed by atoms with Gasteiger partial charge in [0.25, 0.3) is 5.75 Å². The van der Waals surface area contributed by atoms with E-state index in [0.717, 1.165) is 5.56 Å². The van der Waals surface area contributed by atoms with Crippen LogP contribution in [0.25, 0.3) is 22.3 Å². The van der Waals surface area contributed by atoms with Gasteiger partial charge in [0.15, 0.2) is 11.5 Å². The van der Waals surface area contributed by atoms with E-state index in [1.54, 1.807) is 18.2 Å². The molecule has 0 saturated carbocycles. The second-order valence-corrected chi connectivity index (χ2v) is 4.25. The maximum Gasteiger partial charge on any atom is 0.269 e. The molecule has 0 amide bonds. The van der Waals surface area contributed by atoms with Gasteiger partial charge in [0.05, 0.1) is 0 Å². The van der Waals surface area contributed by atoms with Gasteiger partial charge in [0, 0.05) is 5.56 Å². The Balaban J connectivity index is 2.15. The summed E-state index contributed by atoms with van der Waals surface area (Å²) in [7, 11) is 0. The molecule has 4 nitrogen and oxygen atoms in total. The molecule has 1 aliphatic rings. The van der Waals surface area contributed by atoms with Crippen molar-refractivity contribution in [3.63, 3.8) is 0 Å². The van der Waals surface area contributed by atoms with Crippen LogP contribution in [0.2, 0.25) is 0 Å². The molecule has 0 fully saturated rings. The summed E-state index contributed by atoms with van der Waals surface area (Å²) in [5, 5.41) is 0.420. The first-order valence-electron chi connectivity index (χ1n) is 5.84. The van der Waals surface area contributed by atoms with Crippen molar-refractivity contribution >= 4 is 11.0 Å². The van der Waals surface area contributed by atoms with E-state index in [0.29, 0.717) is 22.5 Å². The lowest BCUT2D eigenvalue weighted by Crippen LogP contribution is -2.18. The minimum Gasteiger partial charge on any atom is -0.452 e. The Morgan fingerprint density at radius 1 is 0.842 bits per heavy atom. The summed E-state index contributed by atoms with van der Waals surface area (Å²) in [4.78, 5) is 22.5. The molecule has 2 heterocycles. The van der Waals surface area contributed by atoms with Crippen molar-refractivity contribution in [3.8, 4) is 22.8 Å². The second kappa shape index (κ2) is 3.62. The number of hydrogen-bond donors (Lipinski definition) is 0. The van der Waals surface area contributed by atoms with Crippen molar-refractivity contribution in [2.75, 3.05) is 0 Å². The fourth-order valence-electron chi connectivity index (χ4n) is 2.20. The summed E-state index contributed by atoms with van der Waals surface area (Å²) in [6.07, 6.45) is 0. The molecule has 2 bridgehead atoms. The van der Waals surface area contributed by atoms with Crippen LogP contribution >= 0.6 is 0 Å². The lowest BCUT2D eigenvalue weighted by Gasteiger charge is -2.16. The number of hydrogen-bond acceptors (Lipinski definition) is 4. The molecule has 0 N–H and O–H groups in total. The maximum absolute atomic E-state index is 12.3. The maximum atomic E-state index is 12.3. The fourth-order valence-corrected chi connectivity index (χ4v) is 2.20. The van der Waals surface area contributed by atoms with Crippen molar-refractivity contribution in [2.45, 2.75) is 0 Å². The molecule has 0 aliphatic carbocycles. The molecule has 0 spiro atoms. The van der Waals surface area contributed by atoms with Crippen LogP contribution in [0, 0.1) is 0 Å². The van der Waals surface area contributed by atoms with E-state index in [1.165, 1.54) is 0 Å². The summed E-state index contributed by atoms with van der Waals surface area (Å²) >= 11 is 0. The van der Waals surface area contributed by atoms with Crippen LogP contribution in [0.1, 0.15) is 0 Å². The first-order chi connectivity index (χ1) is 9.34. The summed E-state index contributed by atoms with van der Waals surface area (Å²) in [6, 6.07) is 14.5. The SMILES string of the molecule is O=c1c2c(-c3ccccc3)oc3cccc(c13)OO2. The predicted molar refractivity (Wildman–Crippen MR) is 69.2 cm³/mol. The van der Waals surface area contributed by atoms with Crippen molar-refractivity contribution < 1.29 is 14.2 Å². The predicted octanol–water partition coefficient (Wildman–Crippen LogP) is 3.15. The van der Waals surface area contributed by atoms with E-state index < -0.39 is 0 Å². The van der Waals surface area contributed by atoms with Crippen LogP contribution in [-0.4, -0.2) is 0 Å². The van der Waals surface area contributed by atoms with Crippen molar-refractivity contribution in [3.05, 3.63) is 58.8 Å². The summed E-state index contributed by atoms with van der Waals surface area (Å²) in [5.74, 6) is 0.866. The normalized spacial score (nSPS) is 12.2. The van der Waals surface area contributed by atoms with Gasteiger partial charge in [0.2, 0.25) is 5.43 Å². The van der Waals surface area contributed by atoms with Gasteiger partial charge >= 0.3 is 0 Å². The third-order valence-electron chi connectivity index (χ3n) is 3.09. The summed E-state index contributed by atoms with van der Waals surface area (Å²) in [5.41, 5.74) is 1.06. The Morgan fingerprint density at radius 3 is 2.53 bits per heavy atom. The van der Waals surface area contributed by atoms with Gasteiger partial charge in [0.1, 0.15) is 11.0 Å². The molecule has 4 rings (SSSR count). The van der Waals surface area contributed by atoms with Gasteiger partial charge in [-0.05, 0) is 12.1 Å². The molecule has 1 aliphatic heterocycles. The lowest BCUT2D eigenvalue weighted by molar-refractivity contribution is -0.103. The average Bonchev–Trinajstić information content (AvgIpc) is 2.46. The minimum absolute atomic E-state index is 0.0948. The van der Waals surface area contributed by atoms with E-state index in [1.807, 2.05) is 30.3 Å². The summed E-state index contributed by atoms with van der Waals surface area (Å²) in [6.45, 7) is 0. The molecule has 0 atom stereocenters. The number of fused-ring (bicyclic) bond motifs is 1. The zero-order valence-electron chi connectivity index (χ0n) is 9.75. The largest absolute Gasteiger partial charge is 0.452 e. The van der Waals surface area contributed by atoms with Gasteiger partial charge in [-0.15, -0.1) is 0 Å². The zero-order valence-corrected chi connectivity index (χ0v) is 9.75. The van der Waals surface area contributed by atoms with E-state index in [-0.39, 0.29) is 11.2 Å². The van der Waals surface area contributed by atoms with Gasteiger partial charge in [-0.2, -0.15) is 0 Å². The highest BCUT2D eigenvalue weighted by molar-refractivity contribution is 5.87. The molecular weight excluding hydrogens is 244 g/mol. The molecule has 92 valence electrons. The molecular formula is C15H8O4. The Labute approximate surface area is 107 Å². The van der Waals surface area contributed by atoms with Crippen LogP contribution in [0.15, 0.2) is 57.7 Å². The topological polar surface area (TPSA) is 48.7 Å². The van der Waals surface area contributed by atoms with E-state index in [2.05, 4.69) is 0 Å². The van der Waals surface area contributed by atoms with Crippen LogP contribution in [0.3, 0.4) is 0 Å².